The molecule has 0 spiro atoms. The number of thioether (sulfide) groups is 1. The summed E-state index contributed by atoms with van der Waals surface area (Å²) in [5, 5.41) is 12.8. The fraction of sp³-hybridized carbons (Fsp3) is 0.462. The first-order valence-corrected chi connectivity index (χ1v) is 14.1. The summed E-state index contributed by atoms with van der Waals surface area (Å²) < 4.78 is 6.92. The molecule has 192 valence electrons. The normalized spacial score (nSPS) is 14.9. The van der Waals surface area contributed by atoms with Crippen molar-refractivity contribution in [1.29, 1.82) is 0 Å². The molecule has 0 aliphatic heterocycles. The van der Waals surface area contributed by atoms with Crippen LogP contribution in [0.4, 0.5) is 10.7 Å². The van der Waals surface area contributed by atoms with Crippen LogP contribution in [0.1, 0.15) is 48.0 Å². The number of benzene rings is 1. The molecule has 1 amide bonds. The van der Waals surface area contributed by atoms with Gasteiger partial charge in [0.1, 0.15) is 5.00 Å². The maximum Gasteiger partial charge on any atom is 0.341 e. The van der Waals surface area contributed by atoms with Crippen molar-refractivity contribution in [2.45, 2.75) is 45.2 Å². The van der Waals surface area contributed by atoms with Crippen LogP contribution in [-0.4, -0.2) is 52.6 Å². The predicted octanol–water partition coefficient (Wildman–Crippen LogP) is 5.03. The molecule has 0 saturated heterocycles. The monoisotopic (exact) mass is 527 g/mol. The van der Waals surface area contributed by atoms with E-state index in [-0.39, 0.29) is 11.7 Å². The van der Waals surface area contributed by atoms with Gasteiger partial charge in [0.2, 0.25) is 5.91 Å². The molecule has 1 N–H and O–H groups in total. The van der Waals surface area contributed by atoms with E-state index in [1.54, 1.807) is 0 Å². The number of anilines is 2. The van der Waals surface area contributed by atoms with Gasteiger partial charge in [-0.15, -0.1) is 21.5 Å². The SMILES string of the molecule is CCN(CC)c1ccc(-c2nnc(SCC(=O)Nc3sc4c(c3C(=O)OC)CCC(C)C4)n2C)cc1. The van der Waals surface area contributed by atoms with Crippen LogP contribution in [0.2, 0.25) is 0 Å². The van der Waals surface area contributed by atoms with Crippen LogP contribution in [0.3, 0.4) is 0 Å². The number of nitrogens with zero attached hydrogens (tertiary/aromatic N) is 4. The van der Waals surface area contributed by atoms with Gasteiger partial charge in [-0.25, -0.2) is 4.79 Å². The van der Waals surface area contributed by atoms with Crippen LogP contribution in [0.25, 0.3) is 11.4 Å². The van der Waals surface area contributed by atoms with E-state index < -0.39 is 5.97 Å². The van der Waals surface area contributed by atoms with Gasteiger partial charge in [0.25, 0.3) is 0 Å². The van der Waals surface area contributed by atoms with Gasteiger partial charge in [0.05, 0.1) is 18.4 Å². The van der Waals surface area contributed by atoms with Gasteiger partial charge in [0, 0.05) is 36.3 Å². The molecule has 8 nitrogen and oxygen atoms in total. The van der Waals surface area contributed by atoms with E-state index in [9.17, 15) is 9.59 Å². The number of fused-ring (bicyclic) bond motifs is 1. The zero-order valence-electron chi connectivity index (χ0n) is 21.5. The number of ether oxygens (including phenoxy) is 1. The Kier molecular flexibility index (Phi) is 8.35. The standard InChI is InChI=1S/C26H33N5O3S2/c1-6-31(7-2)18-11-9-17(10-12-18)23-28-29-26(30(23)4)35-15-21(32)27-24-22(25(33)34-5)19-13-8-16(3)14-20(19)36-24/h9-12,16H,6-8,13-15H2,1-5H3,(H,27,32). The highest BCUT2D eigenvalue weighted by Gasteiger charge is 2.29. The van der Waals surface area contributed by atoms with Crippen molar-refractivity contribution in [2.75, 3.05) is 36.2 Å². The minimum absolute atomic E-state index is 0.159. The Bertz CT molecular complexity index is 1230. The Hall–Kier alpha value is -2.85. The maximum absolute atomic E-state index is 12.8. The minimum atomic E-state index is -0.394. The van der Waals surface area contributed by atoms with Crippen molar-refractivity contribution >= 4 is 45.7 Å². The van der Waals surface area contributed by atoms with Crippen molar-refractivity contribution in [3.05, 3.63) is 40.3 Å². The number of esters is 1. The minimum Gasteiger partial charge on any atom is -0.465 e. The molecule has 2 heterocycles. The fourth-order valence-electron chi connectivity index (χ4n) is 4.55. The molecule has 0 bridgehead atoms. The Morgan fingerprint density at radius 3 is 2.61 bits per heavy atom. The molecular formula is C26H33N5O3S2. The first-order chi connectivity index (χ1) is 17.4. The third-order valence-corrected chi connectivity index (χ3v) is 8.77. The third kappa shape index (κ3) is 5.44. The van der Waals surface area contributed by atoms with E-state index in [2.05, 4.69) is 53.3 Å². The molecule has 1 aromatic carbocycles. The van der Waals surface area contributed by atoms with E-state index in [0.29, 0.717) is 21.6 Å². The Balaban J connectivity index is 1.43. The first kappa shape index (κ1) is 26.2. The molecule has 0 fully saturated rings. The molecule has 0 saturated carbocycles. The molecule has 1 aliphatic carbocycles. The van der Waals surface area contributed by atoms with Crippen molar-refractivity contribution in [1.82, 2.24) is 14.8 Å². The zero-order valence-corrected chi connectivity index (χ0v) is 23.1. The molecule has 3 aromatic rings. The highest BCUT2D eigenvalue weighted by atomic mass is 32.2. The van der Waals surface area contributed by atoms with Gasteiger partial charge in [-0.3, -0.25) is 4.79 Å². The Morgan fingerprint density at radius 2 is 1.94 bits per heavy atom. The number of amides is 1. The number of thiophene rings is 1. The number of hydrogen-bond acceptors (Lipinski definition) is 8. The number of rotatable bonds is 9. The molecule has 2 aromatic heterocycles. The molecule has 36 heavy (non-hydrogen) atoms. The summed E-state index contributed by atoms with van der Waals surface area (Å²) in [6.07, 6.45) is 2.79. The van der Waals surface area contributed by atoms with Crippen LogP contribution >= 0.6 is 23.1 Å². The van der Waals surface area contributed by atoms with E-state index >= 15 is 0 Å². The van der Waals surface area contributed by atoms with Gasteiger partial charge >= 0.3 is 5.97 Å². The van der Waals surface area contributed by atoms with Crippen LogP contribution in [0.15, 0.2) is 29.4 Å². The lowest BCUT2D eigenvalue weighted by atomic mass is 9.88. The van der Waals surface area contributed by atoms with Gasteiger partial charge in [-0.1, -0.05) is 18.7 Å². The topological polar surface area (TPSA) is 89.3 Å². The summed E-state index contributed by atoms with van der Waals surface area (Å²) in [5.41, 5.74) is 3.68. The second kappa shape index (κ2) is 11.5. The molecule has 1 atom stereocenters. The summed E-state index contributed by atoms with van der Waals surface area (Å²) >= 11 is 2.81. The largest absolute Gasteiger partial charge is 0.465 e. The molecule has 4 rings (SSSR count). The number of carbonyl (C=O) groups is 2. The summed E-state index contributed by atoms with van der Waals surface area (Å²) in [7, 11) is 3.28. The highest BCUT2D eigenvalue weighted by Crippen LogP contribution is 2.40. The third-order valence-electron chi connectivity index (χ3n) is 6.58. The average molecular weight is 528 g/mol. The van der Waals surface area contributed by atoms with Crippen molar-refractivity contribution in [2.24, 2.45) is 13.0 Å². The second-order valence-electron chi connectivity index (χ2n) is 8.97. The maximum atomic E-state index is 12.8. The smallest absolute Gasteiger partial charge is 0.341 e. The van der Waals surface area contributed by atoms with Gasteiger partial charge < -0.3 is 19.5 Å². The quantitative estimate of drug-likeness (QED) is 0.308. The van der Waals surface area contributed by atoms with Crippen LogP contribution < -0.4 is 10.2 Å². The predicted molar refractivity (Wildman–Crippen MR) is 146 cm³/mol. The van der Waals surface area contributed by atoms with E-state index in [0.717, 1.165) is 49.3 Å². The lowest BCUT2D eigenvalue weighted by molar-refractivity contribution is -0.113. The summed E-state index contributed by atoms with van der Waals surface area (Å²) in [4.78, 5) is 28.8. The van der Waals surface area contributed by atoms with Crippen molar-refractivity contribution in [3.8, 4) is 11.4 Å². The van der Waals surface area contributed by atoms with E-state index in [4.69, 9.17) is 4.74 Å². The highest BCUT2D eigenvalue weighted by molar-refractivity contribution is 7.99. The van der Waals surface area contributed by atoms with Gasteiger partial charge in [-0.05, 0) is 68.9 Å². The number of methoxy groups -OCH3 is 1. The molecule has 0 radical (unpaired) electrons. The van der Waals surface area contributed by atoms with E-state index in [1.165, 1.54) is 40.8 Å². The molecular weight excluding hydrogens is 494 g/mol. The number of nitrogens with one attached hydrogen (secondary N) is 1. The molecule has 1 unspecified atom stereocenters. The molecule has 1 aliphatic rings. The lowest BCUT2D eigenvalue weighted by Crippen LogP contribution is -2.21. The van der Waals surface area contributed by atoms with Gasteiger partial charge in [-0.2, -0.15) is 0 Å². The van der Waals surface area contributed by atoms with Crippen LogP contribution in [0, 0.1) is 5.92 Å². The molecule has 10 heteroatoms. The first-order valence-electron chi connectivity index (χ1n) is 12.3. The van der Waals surface area contributed by atoms with Crippen molar-refractivity contribution < 1.29 is 14.3 Å². The fourth-order valence-corrected chi connectivity index (χ4v) is 6.68. The number of aromatic nitrogens is 3. The number of hydrogen-bond donors (Lipinski definition) is 1. The number of carbonyl (C=O) groups excluding carboxylic acids is 2. The summed E-state index contributed by atoms with van der Waals surface area (Å²) in [5.74, 6) is 0.892. The average Bonchev–Trinajstić information content (AvgIpc) is 3.42. The Labute approximate surface area is 220 Å². The lowest BCUT2D eigenvalue weighted by Gasteiger charge is -2.21. The van der Waals surface area contributed by atoms with Crippen LogP contribution in [-0.2, 0) is 29.4 Å². The van der Waals surface area contributed by atoms with Gasteiger partial charge in [0.15, 0.2) is 11.0 Å². The zero-order chi connectivity index (χ0) is 25.8. The summed E-state index contributed by atoms with van der Waals surface area (Å²) in [6.45, 7) is 8.41. The van der Waals surface area contributed by atoms with E-state index in [1.807, 2.05) is 23.7 Å². The Morgan fingerprint density at radius 1 is 1.22 bits per heavy atom. The second-order valence-corrected chi connectivity index (χ2v) is 11.0. The van der Waals surface area contributed by atoms with Crippen molar-refractivity contribution in [3.63, 3.8) is 0 Å². The van der Waals surface area contributed by atoms with Crippen LogP contribution in [0.5, 0.6) is 0 Å². The summed E-state index contributed by atoms with van der Waals surface area (Å²) in [6, 6.07) is 8.29.